The van der Waals surface area contributed by atoms with Gasteiger partial charge < -0.3 is 15.3 Å². The largest absolute Gasteiger partial charge is 0.481 e. The quantitative estimate of drug-likeness (QED) is 0.452. The fourth-order valence-corrected chi connectivity index (χ4v) is 4.56. The van der Waals surface area contributed by atoms with Gasteiger partial charge in [0.1, 0.15) is 0 Å². The highest BCUT2D eigenvalue weighted by molar-refractivity contribution is 7.99. The molecule has 0 aliphatic carbocycles. The van der Waals surface area contributed by atoms with Crippen molar-refractivity contribution in [3.05, 3.63) is 64.7 Å². The molecule has 2 N–H and O–H groups in total. The van der Waals surface area contributed by atoms with Gasteiger partial charge in [-0.15, -0.1) is 0 Å². The van der Waals surface area contributed by atoms with E-state index in [1.165, 1.54) is 17.3 Å². The second-order valence-corrected chi connectivity index (χ2v) is 9.73. The predicted molar refractivity (Wildman–Crippen MR) is 137 cm³/mol. The van der Waals surface area contributed by atoms with Gasteiger partial charge in [0.25, 0.3) is 5.91 Å². The average Bonchev–Trinajstić information content (AvgIpc) is 2.84. The van der Waals surface area contributed by atoms with Gasteiger partial charge in [0.2, 0.25) is 5.91 Å². The van der Waals surface area contributed by atoms with Gasteiger partial charge in [0.15, 0.2) is 0 Å². The van der Waals surface area contributed by atoms with Crippen molar-refractivity contribution >= 4 is 46.8 Å². The monoisotopic (exact) mass is 503 g/mol. The Balaban J connectivity index is 1.37. The lowest BCUT2D eigenvalue weighted by molar-refractivity contribution is -0.137. The number of hydrogen-bond acceptors (Lipinski definition) is 5. The topological polar surface area (TPSA) is 89.9 Å². The smallest absolute Gasteiger partial charge is 0.303 e. The van der Waals surface area contributed by atoms with Crippen molar-refractivity contribution in [3.63, 3.8) is 0 Å². The van der Waals surface area contributed by atoms with E-state index in [0.717, 1.165) is 31.1 Å². The third kappa shape index (κ3) is 8.66. The predicted octanol–water partition coefficient (Wildman–Crippen LogP) is 3.88. The molecule has 2 aromatic carbocycles. The summed E-state index contributed by atoms with van der Waals surface area (Å²) < 4.78 is 0. The third-order valence-corrected chi connectivity index (χ3v) is 6.91. The number of carboxylic acids is 1. The van der Waals surface area contributed by atoms with Crippen LogP contribution >= 0.6 is 23.4 Å². The number of carbonyl (C=O) groups is 3. The van der Waals surface area contributed by atoms with Crippen molar-refractivity contribution < 1.29 is 19.5 Å². The lowest BCUT2D eigenvalue weighted by Gasteiger charge is -2.34. The molecule has 2 amide bonds. The average molecular weight is 504 g/mol. The molecule has 182 valence electrons. The molecule has 7 nitrogen and oxygen atoms in total. The molecule has 0 saturated carbocycles. The number of aliphatic carboxylic acids is 1. The second-order valence-electron chi connectivity index (χ2n) is 8.19. The number of nitrogens with one attached hydrogen (secondary N) is 1. The highest BCUT2D eigenvalue weighted by Gasteiger charge is 2.22. The van der Waals surface area contributed by atoms with Gasteiger partial charge in [0.05, 0.1) is 5.75 Å². The molecule has 0 radical (unpaired) electrons. The van der Waals surface area contributed by atoms with Gasteiger partial charge in [-0.25, -0.2) is 0 Å². The second kappa shape index (κ2) is 13.4. The zero-order valence-corrected chi connectivity index (χ0v) is 20.6. The number of carbonyl (C=O) groups excluding carboxylic acids is 2. The van der Waals surface area contributed by atoms with Crippen LogP contribution < -0.4 is 5.32 Å². The van der Waals surface area contributed by atoms with Gasteiger partial charge in [-0.1, -0.05) is 23.7 Å². The minimum Gasteiger partial charge on any atom is -0.481 e. The zero-order valence-electron chi connectivity index (χ0n) is 19.0. The van der Waals surface area contributed by atoms with E-state index in [1.54, 1.807) is 24.3 Å². The van der Waals surface area contributed by atoms with Gasteiger partial charge >= 0.3 is 5.97 Å². The Bertz CT molecular complexity index is 961. The molecule has 3 rings (SSSR count). The molecule has 0 bridgehead atoms. The number of piperazine rings is 1. The van der Waals surface area contributed by atoms with E-state index < -0.39 is 5.97 Å². The van der Waals surface area contributed by atoms with E-state index in [2.05, 4.69) is 22.3 Å². The lowest BCUT2D eigenvalue weighted by Crippen LogP contribution is -2.49. The Morgan fingerprint density at radius 2 is 1.65 bits per heavy atom. The van der Waals surface area contributed by atoms with Crippen LogP contribution in [0.1, 0.15) is 28.8 Å². The lowest BCUT2D eigenvalue weighted by atomic mass is 10.1. The minimum absolute atomic E-state index is 0.00390. The van der Waals surface area contributed by atoms with Gasteiger partial charge in [0, 0.05) is 55.4 Å². The number of rotatable bonds is 11. The van der Waals surface area contributed by atoms with Crippen molar-refractivity contribution in [2.45, 2.75) is 19.3 Å². The number of benzene rings is 2. The van der Waals surface area contributed by atoms with E-state index in [1.807, 2.05) is 17.0 Å². The molecule has 1 saturated heterocycles. The molecule has 9 heteroatoms. The number of thioether (sulfide) groups is 1. The van der Waals surface area contributed by atoms with E-state index in [0.29, 0.717) is 36.5 Å². The number of nitrogens with zero attached hydrogens (tertiary/aromatic N) is 2. The van der Waals surface area contributed by atoms with Crippen LogP contribution in [-0.4, -0.2) is 76.9 Å². The number of anilines is 1. The van der Waals surface area contributed by atoms with Gasteiger partial charge in [-0.2, -0.15) is 11.8 Å². The molecule has 0 aromatic heterocycles. The van der Waals surface area contributed by atoms with Crippen LogP contribution in [0.4, 0.5) is 5.69 Å². The summed E-state index contributed by atoms with van der Waals surface area (Å²) in [6, 6.07) is 14.9. The van der Waals surface area contributed by atoms with E-state index in [9.17, 15) is 14.4 Å². The van der Waals surface area contributed by atoms with Crippen molar-refractivity contribution in [3.8, 4) is 0 Å². The van der Waals surface area contributed by atoms with E-state index in [4.69, 9.17) is 16.7 Å². The Hall–Kier alpha value is -2.55. The summed E-state index contributed by atoms with van der Waals surface area (Å²) in [6.45, 7) is 4.03. The number of amides is 2. The summed E-state index contributed by atoms with van der Waals surface area (Å²) >= 11 is 7.35. The first kappa shape index (κ1) is 26.1. The third-order valence-electron chi connectivity index (χ3n) is 5.62. The van der Waals surface area contributed by atoms with Gasteiger partial charge in [-0.3, -0.25) is 19.3 Å². The summed E-state index contributed by atoms with van der Waals surface area (Å²) in [5, 5.41) is 12.2. The molecule has 1 heterocycles. The number of halogens is 1. The zero-order chi connectivity index (χ0) is 24.3. The van der Waals surface area contributed by atoms with Gasteiger partial charge in [-0.05, 0) is 60.6 Å². The molecule has 0 unspecified atom stereocenters. The molecule has 1 fully saturated rings. The van der Waals surface area contributed by atoms with Crippen molar-refractivity contribution in [1.29, 1.82) is 0 Å². The summed E-state index contributed by atoms with van der Waals surface area (Å²) in [4.78, 5) is 39.6. The summed E-state index contributed by atoms with van der Waals surface area (Å²) in [7, 11) is 0. The van der Waals surface area contributed by atoms with Crippen LogP contribution in [0.2, 0.25) is 5.02 Å². The molecule has 1 aliphatic heterocycles. The first-order valence-corrected chi connectivity index (χ1v) is 12.9. The highest BCUT2D eigenvalue weighted by atomic mass is 35.5. The van der Waals surface area contributed by atoms with E-state index >= 15 is 0 Å². The Labute approximate surface area is 209 Å². The van der Waals surface area contributed by atoms with Crippen LogP contribution in [0.5, 0.6) is 0 Å². The maximum Gasteiger partial charge on any atom is 0.303 e. The van der Waals surface area contributed by atoms with E-state index in [-0.39, 0.29) is 24.0 Å². The molecule has 1 aliphatic rings. The number of hydrogen-bond donors (Lipinski definition) is 2. The molecule has 2 aromatic rings. The molecule has 0 atom stereocenters. The molecule has 34 heavy (non-hydrogen) atoms. The van der Waals surface area contributed by atoms with Crippen LogP contribution in [0, 0.1) is 0 Å². The Morgan fingerprint density at radius 1 is 0.971 bits per heavy atom. The molecule has 0 spiro atoms. The first-order chi connectivity index (χ1) is 16.4. The molecular weight excluding hydrogens is 474 g/mol. The summed E-state index contributed by atoms with van der Waals surface area (Å²) in [5.41, 5.74) is 2.50. The first-order valence-electron chi connectivity index (χ1n) is 11.4. The summed E-state index contributed by atoms with van der Waals surface area (Å²) in [6.07, 6.45) is 1.61. The fraction of sp³-hybridized carbons (Fsp3) is 0.400. The Morgan fingerprint density at radius 3 is 2.29 bits per heavy atom. The highest BCUT2D eigenvalue weighted by Crippen LogP contribution is 2.15. The van der Waals surface area contributed by atoms with Crippen LogP contribution in [0.3, 0.4) is 0 Å². The normalized spacial score (nSPS) is 14.1. The summed E-state index contributed by atoms with van der Waals surface area (Å²) in [5.74, 6) is -0.0708. The minimum atomic E-state index is -0.823. The van der Waals surface area contributed by atoms with Crippen LogP contribution in [-0.2, 0) is 16.0 Å². The maximum atomic E-state index is 12.9. The fourth-order valence-electron chi connectivity index (χ4n) is 3.68. The number of carboxylic acid groups (broad SMARTS) is 1. The molecular formula is C25H30ClN3O4S. The van der Waals surface area contributed by atoms with Crippen molar-refractivity contribution in [1.82, 2.24) is 9.80 Å². The van der Waals surface area contributed by atoms with Crippen molar-refractivity contribution in [2.75, 3.05) is 49.5 Å². The Kier molecular flexibility index (Phi) is 10.2. The standard InChI is InChI=1S/C25H30ClN3O4S/c26-21-7-3-19(4-8-21)11-12-28-13-15-29(16-14-28)25(33)20-5-9-22(10-6-20)27-23(30)18-34-17-1-2-24(31)32/h3-10H,1-2,11-18H2,(H,27,30)(H,31,32). The van der Waals surface area contributed by atoms with Crippen LogP contribution in [0.25, 0.3) is 0 Å². The van der Waals surface area contributed by atoms with Crippen molar-refractivity contribution in [2.24, 2.45) is 0 Å². The SMILES string of the molecule is O=C(O)CCCSCC(=O)Nc1ccc(C(=O)N2CCN(CCc3ccc(Cl)cc3)CC2)cc1. The van der Waals surface area contributed by atoms with Crippen LogP contribution in [0.15, 0.2) is 48.5 Å². The maximum absolute atomic E-state index is 12.9.